The van der Waals surface area contributed by atoms with Crippen molar-refractivity contribution in [2.24, 2.45) is 0 Å². The van der Waals surface area contributed by atoms with Gasteiger partial charge in [-0.1, -0.05) is 23.7 Å². The molecule has 4 nitrogen and oxygen atoms in total. The summed E-state index contributed by atoms with van der Waals surface area (Å²) in [5.74, 6) is -0.470. The number of thiazole rings is 1. The Balaban J connectivity index is 2.46. The van der Waals surface area contributed by atoms with Gasteiger partial charge < -0.3 is 9.47 Å². The SMILES string of the molecule is COC=C(C(=O)OC)c1cnc(-c2c(C)cccc2Cl)s1. The lowest BCUT2D eigenvalue weighted by atomic mass is 10.1. The highest BCUT2D eigenvalue weighted by molar-refractivity contribution is 7.16. The van der Waals surface area contributed by atoms with Crippen LogP contribution in [-0.4, -0.2) is 25.2 Å². The van der Waals surface area contributed by atoms with Gasteiger partial charge in [-0.05, 0) is 18.6 Å². The average Bonchev–Trinajstić information content (AvgIpc) is 2.93. The van der Waals surface area contributed by atoms with Gasteiger partial charge in [0.25, 0.3) is 0 Å². The molecular weight excluding hydrogens is 310 g/mol. The molecule has 0 bridgehead atoms. The molecule has 0 saturated carbocycles. The minimum atomic E-state index is -0.470. The number of nitrogens with zero attached hydrogens (tertiary/aromatic N) is 1. The second kappa shape index (κ2) is 6.74. The quantitative estimate of drug-likeness (QED) is 0.486. The number of rotatable bonds is 4. The normalized spacial score (nSPS) is 11.3. The van der Waals surface area contributed by atoms with Crippen molar-refractivity contribution >= 4 is 34.5 Å². The Hall–Kier alpha value is -1.85. The molecule has 0 fully saturated rings. The van der Waals surface area contributed by atoms with Gasteiger partial charge in [-0.3, -0.25) is 0 Å². The molecule has 2 aromatic rings. The maximum absolute atomic E-state index is 11.8. The van der Waals surface area contributed by atoms with Gasteiger partial charge in [-0.25, -0.2) is 9.78 Å². The first kappa shape index (κ1) is 15.5. The summed E-state index contributed by atoms with van der Waals surface area (Å²) in [5.41, 5.74) is 2.23. The van der Waals surface area contributed by atoms with Crippen molar-refractivity contribution in [2.75, 3.05) is 14.2 Å². The molecule has 0 aliphatic rings. The molecule has 0 saturated heterocycles. The largest absolute Gasteiger partial charge is 0.503 e. The number of methoxy groups -OCH3 is 2. The van der Waals surface area contributed by atoms with E-state index in [1.54, 1.807) is 6.20 Å². The minimum Gasteiger partial charge on any atom is -0.503 e. The number of hydrogen-bond donors (Lipinski definition) is 0. The van der Waals surface area contributed by atoms with Crippen molar-refractivity contribution in [3.05, 3.63) is 46.1 Å². The van der Waals surface area contributed by atoms with E-state index in [0.717, 1.165) is 16.1 Å². The fourth-order valence-corrected chi connectivity index (χ4v) is 3.25. The predicted octanol–water partition coefficient (Wildman–Crippen LogP) is 3.93. The van der Waals surface area contributed by atoms with Gasteiger partial charge in [-0.2, -0.15) is 0 Å². The third-order valence-electron chi connectivity index (χ3n) is 2.85. The molecule has 110 valence electrons. The summed E-state index contributed by atoms with van der Waals surface area (Å²) in [5, 5.41) is 1.38. The van der Waals surface area contributed by atoms with E-state index in [0.29, 0.717) is 15.5 Å². The number of hydrogen-bond acceptors (Lipinski definition) is 5. The number of esters is 1. The van der Waals surface area contributed by atoms with Crippen LogP contribution in [-0.2, 0) is 14.3 Å². The van der Waals surface area contributed by atoms with Crippen LogP contribution in [0.3, 0.4) is 0 Å². The topological polar surface area (TPSA) is 48.4 Å². The van der Waals surface area contributed by atoms with Gasteiger partial charge in [0.2, 0.25) is 0 Å². The van der Waals surface area contributed by atoms with E-state index < -0.39 is 5.97 Å². The van der Waals surface area contributed by atoms with Crippen molar-refractivity contribution in [1.82, 2.24) is 4.98 Å². The predicted molar refractivity (Wildman–Crippen MR) is 84.3 cm³/mol. The highest BCUT2D eigenvalue weighted by Gasteiger charge is 2.18. The first-order chi connectivity index (χ1) is 10.1. The highest BCUT2D eigenvalue weighted by Crippen LogP contribution is 2.35. The molecule has 21 heavy (non-hydrogen) atoms. The van der Waals surface area contributed by atoms with Crippen LogP contribution < -0.4 is 0 Å². The first-order valence-corrected chi connectivity index (χ1v) is 7.31. The van der Waals surface area contributed by atoms with Crippen LogP contribution in [0.25, 0.3) is 16.1 Å². The molecular formula is C15H14ClNO3S. The van der Waals surface area contributed by atoms with Crippen molar-refractivity contribution in [3.8, 4) is 10.6 Å². The van der Waals surface area contributed by atoms with Gasteiger partial charge in [0.1, 0.15) is 10.6 Å². The first-order valence-electron chi connectivity index (χ1n) is 6.11. The summed E-state index contributed by atoms with van der Waals surface area (Å²) in [7, 11) is 2.80. The van der Waals surface area contributed by atoms with Crippen molar-refractivity contribution in [3.63, 3.8) is 0 Å². The Labute approximate surface area is 132 Å². The number of carbonyl (C=O) groups excluding carboxylic acids is 1. The Kier molecular flexibility index (Phi) is 4.98. The van der Waals surface area contributed by atoms with Gasteiger partial charge in [-0.15, -0.1) is 11.3 Å². The zero-order valence-corrected chi connectivity index (χ0v) is 13.4. The van der Waals surface area contributed by atoms with Gasteiger partial charge in [0.05, 0.1) is 30.4 Å². The maximum atomic E-state index is 11.8. The summed E-state index contributed by atoms with van der Waals surface area (Å²) in [4.78, 5) is 16.8. The van der Waals surface area contributed by atoms with Crippen LogP contribution in [0.5, 0.6) is 0 Å². The number of aromatic nitrogens is 1. The van der Waals surface area contributed by atoms with Crippen LogP contribution in [0.1, 0.15) is 10.4 Å². The molecule has 0 radical (unpaired) electrons. The smallest absolute Gasteiger partial charge is 0.342 e. The molecule has 0 N–H and O–H groups in total. The zero-order chi connectivity index (χ0) is 15.4. The van der Waals surface area contributed by atoms with E-state index in [1.165, 1.54) is 31.8 Å². The van der Waals surface area contributed by atoms with Crippen LogP contribution >= 0.6 is 22.9 Å². The number of carbonyl (C=O) groups is 1. The summed E-state index contributed by atoms with van der Waals surface area (Å²) >= 11 is 7.60. The minimum absolute atomic E-state index is 0.327. The van der Waals surface area contributed by atoms with Crippen LogP contribution in [0.15, 0.2) is 30.7 Å². The van der Waals surface area contributed by atoms with Gasteiger partial charge in [0.15, 0.2) is 0 Å². The van der Waals surface area contributed by atoms with Crippen LogP contribution in [0, 0.1) is 6.92 Å². The summed E-state index contributed by atoms with van der Waals surface area (Å²) < 4.78 is 9.68. The molecule has 6 heteroatoms. The van der Waals surface area contributed by atoms with E-state index in [1.807, 2.05) is 25.1 Å². The lowest BCUT2D eigenvalue weighted by molar-refractivity contribution is -0.133. The summed E-state index contributed by atoms with van der Waals surface area (Å²) in [6.45, 7) is 1.97. The summed E-state index contributed by atoms with van der Waals surface area (Å²) in [6, 6.07) is 5.67. The molecule has 0 aliphatic carbocycles. The monoisotopic (exact) mass is 323 g/mol. The maximum Gasteiger partial charge on any atom is 0.342 e. The highest BCUT2D eigenvalue weighted by atomic mass is 35.5. The molecule has 1 aromatic carbocycles. The summed E-state index contributed by atoms with van der Waals surface area (Å²) in [6.07, 6.45) is 2.97. The molecule has 1 heterocycles. The van der Waals surface area contributed by atoms with E-state index in [-0.39, 0.29) is 0 Å². The lowest BCUT2D eigenvalue weighted by Gasteiger charge is -2.04. The average molecular weight is 324 g/mol. The fraction of sp³-hybridized carbons (Fsp3) is 0.200. The Morgan fingerprint density at radius 3 is 2.76 bits per heavy atom. The van der Waals surface area contributed by atoms with Gasteiger partial charge >= 0.3 is 5.97 Å². The molecule has 0 spiro atoms. The van der Waals surface area contributed by atoms with Gasteiger partial charge in [0, 0.05) is 11.8 Å². The molecule has 0 amide bonds. The lowest BCUT2D eigenvalue weighted by Crippen LogP contribution is -2.02. The Morgan fingerprint density at radius 1 is 1.38 bits per heavy atom. The number of benzene rings is 1. The molecule has 2 rings (SSSR count). The van der Waals surface area contributed by atoms with Crippen molar-refractivity contribution in [1.29, 1.82) is 0 Å². The second-order valence-corrected chi connectivity index (χ2v) is 5.66. The second-order valence-electron chi connectivity index (χ2n) is 4.22. The van der Waals surface area contributed by atoms with E-state index in [4.69, 9.17) is 21.1 Å². The molecule has 0 atom stereocenters. The third-order valence-corrected chi connectivity index (χ3v) is 4.21. The van der Waals surface area contributed by atoms with Crippen molar-refractivity contribution in [2.45, 2.75) is 6.92 Å². The van der Waals surface area contributed by atoms with Crippen LogP contribution in [0.2, 0.25) is 5.02 Å². The van der Waals surface area contributed by atoms with E-state index >= 15 is 0 Å². The number of aryl methyl sites for hydroxylation is 1. The molecule has 0 aliphatic heterocycles. The third kappa shape index (κ3) is 3.25. The van der Waals surface area contributed by atoms with E-state index in [9.17, 15) is 4.79 Å². The van der Waals surface area contributed by atoms with E-state index in [2.05, 4.69) is 4.98 Å². The standard InChI is InChI=1S/C15H14ClNO3S/c1-9-5-4-6-11(16)13(9)14-17-7-12(21-14)10(8-19-2)15(18)20-3/h4-8H,1-3H3. The number of halogens is 1. The Bertz CT molecular complexity index is 674. The van der Waals surface area contributed by atoms with Crippen LogP contribution in [0.4, 0.5) is 0 Å². The molecule has 1 aromatic heterocycles. The molecule has 0 unspecified atom stereocenters. The van der Waals surface area contributed by atoms with Crippen molar-refractivity contribution < 1.29 is 14.3 Å². The number of ether oxygens (including phenoxy) is 2. The zero-order valence-electron chi connectivity index (χ0n) is 11.8. The Morgan fingerprint density at radius 2 is 2.14 bits per heavy atom. The fourth-order valence-electron chi connectivity index (χ4n) is 1.85.